The van der Waals surface area contributed by atoms with Gasteiger partial charge in [-0.25, -0.2) is 13.4 Å². The van der Waals surface area contributed by atoms with E-state index in [4.69, 9.17) is 9.72 Å². The quantitative estimate of drug-likeness (QED) is 0.446. The molecule has 172 valence electrons. The summed E-state index contributed by atoms with van der Waals surface area (Å²) < 4.78 is 31.6. The summed E-state index contributed by atoms with van der Waals surface area (Å²) in [6.45, 7) is 3.16. The predicted molar refractivity (Wildman–Crippen MR) is 130 cm³/mol. The number of carbonyl (C=O) groups is 1. The number of hydrogen-bond acceptors (Lipinski definition) is 7. The van der Waals surface area contributed by atoms with Gasteiger partial charge in [0.1, 0.15) is 5.75 Å². The number of fused-ring (bicyclic) bond motifs is 1. The van der Waals surface area contributed by atoms with Crippen molar-refractivity contribution in [3.63, 3.8) is 0 Å². The maximum atomic E-state index is 13.2. The lowest BCUT2D eigenvalue weighted by molar-refractivity contribution is -0.118. The summed E-state index contributed by atoms with van der Waals surface area (Å²) in [5.74, 6) is 0.0695. The lowest BCUT2D eigenvalue weighted by Gasteiger charge is -2.22. The van der Waals surface area contributed by atoms with E-state index in [2.05, 4.69) is 6.92 Å². The van der Waals surface area contributed by atoms with Crippen molar-refractivity contribution < 1.29 is 17.9 Å². The van der Waals surface area contributed by atoms with Gasteiger partial charge in [0.05, 0.1) is 28.0 Å². The lowest BCUT2D eigenvalue weighted by Crippen LogP contribution is -2.37. The van der Waals surface area contributed by atoms with Gasteiger partial charge in [0.25, 0.3) is 0 Å². The van der Waals surface area contributed by atoms with Crippen LogP contribution >= 0.6 is 11.3 Å². The van der Waals surface area contributed by atoms with E-state index in [1.807, 2.05) is 37.2 Å². The first-order valence-corrected chi connectivity index (χ1v) is 12.9. The Morgan fingerprint density at radius 2 is 1.81 bits per heavy atom. The van der Waals surface area contributed by atoms with Crippen molar-refractivity contribution in [3.8, 4) is 5.75 Å². The number of amides is 1. The Balaban J connectivity index is 1.81. The molecule has 0 saturated heterocycles. The van der Waals surface area contributed by atoms with E-state index in [9.17, 15) is 13.2 Å². The summed E-state index contributed by atoms with van der Waals surface area (Å²) in [6, 6.07) is 12.2. The number of rotatable bonds is 10. The van der Waals surface area contributed by atoms with Gasteiger partial charge in [-0.05, 0) is 56.4 Å². The second-order valence-corrected chi connectivity index (χ2v) is 10.8. The molecule has 1 amide bonds. The highest BCUT2D eigenvalue weighted by atomic mass is 32.2. The van der Waals surface area contributed by atoms with Crippen molar-refractivity contribution in [2.45, 2.75) is 24.7 Å². The zero-order valence-corrected chi connectivity index (χ0v) is 20.5. The minimum atomic E-state index is -3.59. The van der Waals surface area contributed by atoms with E-state index in [0.717, 1.165) is 22.2 Å². The molecule has 0 aliphatic heterocycles. The molecule has 0 radical (unpaired) electrons. The number of thiazole rings is 1. The molecule has 0 saturated carbocycles. The van der Waals surface area contributed by atoms with Crippen LogP contribution in [0.4, 0.5) is 5.13 Å². The van der Waals surface area contributed by atoms with Gasteiger partial charge in [0.2, 0.25) is 5.91 Å². The molecule has 0 spiro atoms. The zero-order valence-electron chi connectivity index (χ0n) is 18.9. The number of benzene rings is 2. The summed E-state index contributed by atoms with van der Waals surface area (Å²) in [4.78, 5) is 21.7. The molecule has 32 heavy (non-hydrogen) atoms. The first-order valence-electron chi connectivity index (χ1n) is 10.5. The number of anilines is 1. The summed E-state index contributed by atoms with van der Waals surface area (Å²) in [6.07, 6.45) is 0.741. The number of carbonyl (C=O) groups excluding carboxylic acids is 1. The van der Waals surface area contributed by atoms with E-state index in [1.54, 1.807) is 17.0 Å². The third-order valence-corrected chi connectivity index (χ3v) is 7.95. The second kappa shape index (κ2) is 10.4. The molecule has 3 aromatic rings. The van der Waals surface area contributed by atoms with E-state index in [-0.39, 0.29) is 23.0 Å². The van der Waals surface area contributed by atoms with Crippen LogP contribution in [0.3, 0.4) is 0 Å². The number of methoxy groups -OCH3 is 1. The smallest absolute Gasteiger partial charge is 0.229 e. The molecule has 7 nitrogen and oxygen atoms in total. The highest BCUT2D eigenvalue weighted by molar-refractivity contribution is 7.91. The van der Waals surface area contributed by atoms with Crippen molar-refractivity contribution in [3.05, 3.63) is 48.0 Å². The molecule has 3 rings (SSSR count). The molecule has 0 N–H and O–H groups in total. The van der Waals surface area contributed by atoms with Crippen molar-refractivity contribution in [1.82, 2.24) is 9.88 Å². The van der Waals surface area contributed by atoms with Crippen LogP contribution in [0, 0.1) is 0 Å². The molecule has 0 aliphatic rings. The van der Waals surface area contributed by atoms with Gasteiger partial charge >= 0.3 is 0 Å². The Hall–Kier alpha value is -2.49. The van der Waals surface area contributed by atoms with E-state index < -0.39 is 9.84 Å². The number of sulfone groups is 1. The predicted octanol–water partition coefficient (Wildman–Crippen LogP) is 3.63. The van der Waals surface area contributed by atoms with Crippen LogP contribution in [0.25, 0.3) is 10.2 Å². The summed E-state index contributed by atoms with van der Waals surface area (Å²) >= 11 is 1.46. The topological polar surface area (TPSA) is 79.8 Å². The Morgan fingerprint density at radius 1 is 1.09 bits per heavy atom. The van der Waals surface area contributed by atoms with Gasteiger partial charge in [0, 0.05) is 19.5 Å². The van der Waals surface area contributed by atoms with E-state index in [1.165, 1.54) is 30.6 Å². The molecular formula is C23H29N3O4S2. The largest absolute Gasteiger partial charge is 0.497 e. The summed E-state index contributed by atoms with van der Waals surface area (Å²) in [5, 5.41) is 0.606. The molecule has 1 heterocycles. The van der Waals surface area contributed by atoms with Gasteiger partial charge < -0.3 is 9.64 Å². The van der Waals surface area contributed by atoms with Crippen molar-refractivity contribution in [1.29, 1.82) is 0 Å². The molecule has 1 aromatic heterocycles. The van der Waals surface area contributed by atoms with Gasteiger partial charge in [-0.1, -0.05) is 30.4 Å². The number of likely N-dealkylation sites (N-methyl/N-ethyl adjacent to an activating group) is 1. The van der Waals surface area contributed by atoms with Crippen LogP contribution in [0.5, 0.6) is 5.75 Å². The lowest BCUT2D eigenvalue weighted by atomic mass is 10.1. The van der Waals surface area contributed by atoms with Gasteiger partial charge in [-0.2, -0.15) is 0 Å². The zero-order chi connectivity index (χ0) is 23.3. The Kier molecular flexibility index (Phi) is 7.86. The maximum Gasteiger partial charge on any atom is 0.229 e. The number of ether oxygens (including phenoxy) is 1. The monoisotopic (exact) mass is 475 g/mol. The van der Waals surface area contributed by atoms with Crippen LogP contribution in [0.1, 0.15) is 18.9 Å². The van der Waals surface area contributed by atoms with Crippen molar-refractivity contribution in [2.24, 2.45) is 0 Å². The molecule has 0 bridgehead atoms. The fourth-order valence-corrected chi connectivity index (χ4v) is 5.57. The molecule has 0 aliphatic carbocycles. The normalized spacial score (nSPS) is 11.8. The average Bonchev–Trinajstić information content (AvgIpc) is 3.21. The third kappa shape index (κ3) is 5.65. The average molecular weight is 476 g/mol. The summed E-state index contributed by atoms with van der Waals surface area (Å²) in [7, 11) is 1.80. The molecular weight excluding hydrogens is 446 g/mol. The Labute approximate surface area is 193 Å². The van der Waals surface area contributed by atoms with Crippen LogP contribution in [0.2, 0.25) is 0 Å². The van der Waals surface area contributed by atoms with Gasteiger partial charge in [0.15, 0.2) is 15.0 Å². The number of nitrogens with zero attached hydrogens (tertiary/aromatic N) is 3. The number of aryl methyl sites for hydroxylation is 1. The first-order chi connectivity index (χ1) is 15.2. The number of hydrogen-bond donors (Lipinski definition) is 0. The minimum absolute atomic E-state index is 0.113. The standard InChI is InChI=1S/C23H29N3O4S2/c1-5-17-7-6-8-20-22(17)24-23(31-20)26(15-14-25(2)3)21(27)13-16-32(28,29)19-11-9-18(30-4)10-12-19/h6-12H,5,13-16H2,1-4H3. The van der Waals surface area contributed by atoms with Crippen LogP contribution in [0.15, 0.2) is 47.4 Å². The van der Waals surface area contributed by atoms with Gasteiger partial charge in [-0.3, -0.25) is 9.69 Å². The molecule has 0 atom stereocenters. The Morgan fingerprint density at radius 3 is 2.44 bits per heavy atom. The van der Waals surface area contributed by atoms with Crippen molar-refractivity contribution >= 4 is 42.4 Å². The molecule has 2 aromatic carbocycles. The Bertz CT molecular complexity index is 1170. The van der Waals surface area contributed by atoms with Crippen LogP contribution in [-0.2, 0) is 21.1 Å². The van der Waals surface area contributed by atoms with Crippen LogP contribution in [-0.4, -0.2) is 64.3 Å². The minimum Gasteiger partial charge on any atom is -0.497 e. The van der Waals surface area contributed by atoms with E-state index >= 15 is 0 Å². The fourth-order valence-electron chi connectivity index (χ4n) is 3.28. The van der Waals surface area contributed by atoms with E-state index in [0.29, 0.717) is 24.0 Å². The molecule has 0 unspecified atom stereocenters. The number of para-hydroxylation sites is 1. The molecule has 0 fully saturated rings. The number of aromatic nitrogens is 1. The highest BCUT2D eigenvalue weighted by Crippen LogP contribution is 2.31. The fraction of sp³-hybridized carbons (Fsp3) is 0.391. The van der Waals surface area contributed by atoms with Crippen molar-refractivity contribution in [2.75, 3.05) is 44.9 Å². The van der Waals surface area contributed by atoms with Gasteiger partial charge in [-0.15, -0.1) is 0 Å². The maximum absolute atomic E-state index is 13.2. The molecule has 9 heteroatoms. The second-order valence-electron chi connectivity index (χ2n) is 7.71. The summed E-state index contributed by atoms with van der Waals surface area (Å²) in [5.41, 5.74) is 2.04. The van der Waals surface area contributed by atoms with Crippen LogP contribution < -0.4 is 9.64 Å². The first kappa shape index (κ1) is 24.2. The SMILES string of the molecule is CCc1cccc2sc(N(CCN(C)C)C(=O)CCS(=O)(=O)c3ccc(OC)cc3)nc12. The highest BCUT2D eigenvalue weighted by Gasteiger charge is 2.23. The third-order valence-electron chi connectivity index (χ3n) is 5.18.